The average molecular weight is 276 g/mol. The average Bonchev–Trinajstić information content (AvgIpc) is 2.44. The molecule has 4 heteroatoms. The van der Waals surface area contributed by atoms with Crippen molar-refractivity contribution < 1.29 is 9.53 Å². The molecule has 1 aromatic carbocycles. The van der Waals surface area contributed by atoms with E-state index in [0.29, 0.717) is 12.2 Å². The molecule has 0 saturated carbocycles. The molecule has 1 amide bonds. The van der Waals surface area contributed by atoms with Gasteiger partial charge in [-0.2, -0.15) is 0 Å². The zero-order valence-electron chi connectivity index (χ0n) is 12.6. The molecule has 1 aromatic rings. The van der Waals surface area contributed by atoms with Gasteiger partial charge >= 0.3 is 0 Å². The number of hydrogen-bond donors (Lipinski definition) is 1. The Kier molecular flexibility index (Phi) is 4.65. The highest BCUT2D eigenvalue weighted by Gasteiger charge is 2.33. The number of hydrogen-bond acceptors (Lipinski definition) is 3. The monoisotopic (exact) mass is 276 g/mol. The Bertz CT molecular complexity index is 471. The SMILES string of the molecule is CCCOc1cccc(C(=O)N2CCNCC2(C)C)c1. The number of piperazine rings is 1. The standard InChI is InChI=1S/C16H24N2O2/c1-4-10-20-14-7-5-6-13(11-14)15(19)18-9-8-17-12-16(18,2)3/h5-7,11,17H,4,8-10,12H2,1-3H3. The van der Waals surface area contributed by atoms with Gasteiger partial charge in [0.1, 0.15) is 5.75 Å². The molecule has 1 saturated heterocycles. The minimum Gasteiger partial charge on any atom is -0.494 e. The van der Waals surface area contributed by atoms with Crippen molar-refractivity contribution in [2.75, 3.05) is 26.2 Å². The molecule has 20 heavy (non-hydrogen) atoms. The number of carbonyl (C=O) groups excluding carboxylic acids is 1. The maximum Gasteiger partial charge on any atom is 0.254 e. The van der Waals surface area contributed by atoms with Crippen molar-refractivity contribution in [1.82, 2.24) is 10.2 Å². The molecule has 0 atom stereocenters. The van der Waals surface area contributed by atoms with Crippen LogP contribution < -0.4 is 10.1 Å². The second-order valence-corrected chi connectivity index (χ2v) is 5.82. The maximum atomic E-state index is 12.7. The predicted molar refractivity (Wildman–Crippen MR) is 80.2 cm³/mol. The Morgan fingerprint density at radius 3 is 2.95 bits per heavy atom. The molecule has 1 fully saturated rings. The van der Waals surface area contributed by atoms with Gasteiger partial charge in [-0.25, -0.2) is 0 Å². The van der Waals surface area contributed by atoms with Crippen LogP contribution in [0.25, 0.3) is 0 Å². The van der Waals surface area contributed by atoms with Gasteiger partial charge in [0.2, 0.25) is 0 Å². The minimum atomic E-state index is -0.157. The van der Waals surface area contributed by atoms with Crippen molar-refractivity contribution >= 4 is 5.91 Å². The highest BCUT2D eigenvalue weighted by atomic mass is 16.5. The predicted octanol–water partition coefficient (Wildman–Crippen LogP) is 2.30. The van der Waals surface area contributed by atoms with E-state index in [4.69, 9.17) is 4.74 Å². The first-order chi connectivity index (χ1) is 9.54. The molecule has 110 valence electrons. The molecule has 1 aliphatic rings. The molecule has 0 unspecified atom stereocenters. The van der Waals surface area contributed by atoms with Crippen LogP contribution in [0.2, 0.25) is 0 Å². The number of rotatable bonds is 4. The van der Waals surface area contributed by atoms with E-state index in [9.17, 15) is 4.79 Å². The summed E-state index contributed by atoms with van der Waals surface area (Å²) in [7, 11) is 0. The molecule has 4 nitrogen and oxygen atoms in total. The fourth-order valence-electron chi connectivity index (χ4n) is 2.45. The van der Waals surface area contributed by atoms with Crippen LogP contribution in [0.5, 0.6) is 5.75 Å². The van der Waals surface area contributed by atoms with E-state index in [1.54, 1.807) is 0 Å². The lowest BCUT2D eigenvalue weighted by atomic mass is 9.98. The normalized spacial score (nSPS) is 17.9. The van der Waals surface area contributed by atoms with Crippen molar-refractivity contribution in [3.63, 3.8) is 0 Å². The third kappa shape index (κ3) is 3.31. The second kappa shape index (κ2) is 6.27. The Morgan fingerprint density at radius 1 is 1.45 bits per heavy atom. The van der Waals surface area contributed by atoms with Crippen LogP contribution in [0.1, 0.15) is 37.6 Å². The summed E-state index contributed by atoms with van der Waals surface area (Å²) in [6.07, 6.45) is 0.961. The molecule has 0 bridgehead atoms. The van der Waals surface area contributed by atoms with Gasteiger partial charge in [0, 0.05) is 25.2 Å². The van der Waals surface area contributed by atoms with E-state index >= 15 is 0 Å². The summed E-state index contributed by atoms with van der Waals surface area (Å²) in [6.45, 7) is 9.34. The Labute approximate surface area is 121 Å². The lowest BCUT2D eigenvalue weighted by molar-refractivity contribution is 0.0477. The molecular formula is C16H24N2O2. The second-order valence-electron chi connectivity index (χ2n) is 5.82. The lowest BCUT2D eigenvalue weighted by Crippen LogP contribution is -2.59. The number of benzene rings is 1. The molecule has 0 aromatic heterocycles. The van der Waals surface area contributed by atoms with Gasteiger partial charge in [-0.05, 0) is 38.5 Å². The fraction of sp³-hybridized carbons (Fsp3) is 0.562. The van der Waals surface area contributed by atoms with Crippen LogP contribution in [0.15, 0.2) is 24.3 Å². The largest absolute Gasteiger partial charge is 0.494 e. The van der Waals surface area contributed by atoms with E-state index in [0.717, 1.165) is 31.8 Å². The highest BCUT2D eigenvalue weighted by Crippen LogP contribution is 2.21. The molecule has 1 heterocycles. The molecule has 0 radical (unpaired) electrons. The smallest absolute Gasteiger partial charge is 0.254 e. The summed E-state index contributed by atoms with van der Waals surface area (Å²) < 4.78 is 5.60. The van der Waals surface area contributed by atoms with E-state index < -0.39 is 0 Å². The van der Waals surface area contributed by atoms with Crippen LogP contribution in [0.4, 0.5) is 0 Å². The summed E-state index contributed by atoms with van der Waals surface area (Å²) in [5, 5.41) is 3.33. The Hall–Kier alpha value is -1.55. The number of amides is 1. The highest BCUT2D eigenvalue weighted by molar-refractivity contribution is 5.95. The lowest BCUT2D eigenvalue weighted by Gasteiger charge is -2.42. The number of nitrogens with one attached hydrogen (secondary N) is 1. The Balaban J connectivity index is 2.15. The maximum absolute atomic E-state index is 12.7. The molecular weight excluding hydrogens is 252 g/mol. The third-order valence-corrected chi connectivity index (χ3v) is 3.60. The third-order valence-electron chi connectivity index (χ3n) is 3.60. The van der Waals surface area contributed by atoms with E-state index in [2.05, 4.69) is 26.1 Å². The first kappa shape index (κ1) is 14.9. The number of carbonyl (C=O) groups is 1. The topological polar surface area (TPSA) is 41.6 Å². The van der Waals surface area contributed by atoms with Crippen molar-refractivity contribution in [2.45, 2.75) is 32.7 Å². The zero-order chi connectivity index (χ0) is 14.6. The van der Waals surface area contributed by atoms with Crippen LogP contribution in [-0.4, -0.2) is 42.6 Å². The van der Waals surface area contributed by atoms with Gasteiger partial charge in [0.05, 0.1) is 12.1 Å². The number of nitrogens with zero attached hydrogens (tertiary/aromatic N) is 1. The van der Waals surface area contributed by atoms with Gasteiger partial charge < -0.3 is 15.0 Å². The van der Waals surface area contributed by atoms with Gasteiger partial charge in [-0.15, -0.1) is 0 Å². The summed E-state index contributed by atoms with van der Waals surface area (Å²) in [6, 6.07) is 7.48. The molecule has 2 rings (SSSR count). The van der Waals surface area contributed by atoms with Crippen LogP contribution in [0, 0.1) is 0 Å². The Morgan fingerprint density at radius 2 is 2.25 bits per heavy atom. The van der Waals surface area contributed by atoms with Crippen LogP contribution >= 0.6 is 0 Å². The van der Waals surface area contributed by atoms with Crippen LogP contribution in [0.3, 0.4) is 0 Å². The van der Waals surface area contributed by atoms with Gasteiger partial charge in [-0.1, -0.05) is 13.0 Å². The quantitative estimate of drug-likeness (QED) is 0.917. The minimum absolute atomic E-state index is 0.0819. The first-order valence-electron chi connectivity index (χ1n) is 7.30. The summed E-state index contributed by atoms with van der Waals surface area (Å²) in [5.74, 6) is 0.851. The molecule has 0 spiro atoms. The van der Waals surface area contributed by atoms with Crippen molar-refractivity contribution in [2.24, 2.45) is 0 Å². The molecule has 1 N–H and O–H groups in total. The molecule has 0 aliphatic carbocycles. The number of ether oxygens (including phenoxy) is 1. The summed E-state index contributed by atoms with van der Waals surface area (Å²) in [4.78, 5) is 14.6. The molecule has 1 aliphatic heterocycles. The summed E-state index contributed by atoms with van der Waals surface area (Å²) >= 11 is 0. The van der Waals surface area contributed by atoms with E-state index in [-0.39, 0.29) is 11.4 Å². The zero-order valence-corrected chi connectivity index (χ0v) is 12.6. The van der Waals surface area contributed by atoms with E-state index in [1.807, 2.05) is 29.2 Å². The van der Waals surface area contributed by atoms with Crippen molar-refractivity contribution in [3.05, 3.63) is 29.8 Å². The van der Waals surface area contributed by atoms with E-state index in [1.165, 1.54) is 0 Å². The van der Waals surface area contributed by atoms with Gasteiger partial charge in [0.15, 0.2) is 0 Å². The summed E-state index contributed by atoms with van der Waals surface area (Å²) in [5.41, 5.74) is 0.545. The fourth-order valence-corrected chi connectivity index (χ4v) is 2.45. The van der Waals surface area contributed by atoms with Crippen molar-refractivity contribution in [1.29, 1.82) is 0 Å². The van der Waals surface area contributed by atoms with Crippen molar-refractivity contribution in [3.8, 4) is 5.75 Å². The van der Waals surface area contributed by atoms with Crippen LogP contribution in [-0.2, 0) is 0 Å². The van der Waals surface area contributed by atoms with Gasteiger partial charge in [-0.3, -0.25) is 4.79 Å². The van der Waals surface area contributed by atoms with Gasteiger partial charge in [0.25, 0.3) is 5.91 Å². The first-order valence-corrected chi connectivity index (χ1v) is 7.30.